The highest BCUT2D eigenvalue weighted by molar-refractivity contribution is 5.85. The molecule has 1 rings (SSSR count). The van der Waals surface area contributed by atoms with Crippen LogP contribution in [0, 0.1) is 0 Å². The van der Waals surface area contributed by atoms with E-state index in [0.717, 1.165) is 5.71 Å². The lowest BCUT2D eigenvalue weighted by atomic mass is 10.2. The van der Waals surface area contributed by atoms with Crippen molar-refractivity contribution in [3.8, 4) is 0 Å². The van der Waals surface area contributed by atoms with Gasteiger partial charge in [-0.15, -0.1) is 0 Å². The molecule has 0 fully saturated rings. The van der Waals surface area contributed by atoms with Crippen LogP contribution in [0.15, 0.2) is 35.3 Å². The number of hydrogen-bond acceptors (Lipinski definition) is 3. The maximum atomic E-state index is 5.10. The highest BCUT2D eigenvalue weighted by atomic mass is 16.7. The van der Waals surface area contributed by atoms with Gasteiger partial charge in [-0.3, -0.25) is 4.99 Å². The van der Waals surface area contributed by atoms with Gasteiger partial charge in [0, 0.05) is 14.2 Å². The lowest BCUT2D eigenvalue weighted by Crippen LogP contribution is -2.22. The molecule has 15 heavy (non-hydrogen) atoms. The van der Waals surface area contributed by atoms with Gasteiger partial charge in [-0.25, -0.2) is 0 Å². The Morgan fingerprint density at radius 1 is 1.20 bits per heavy atom. The molecule has 1 aromatic carbocycles. The fraction of sp³-hybridized carbons (Fsp3) is 0.417. The summed E-state index contributed by atoms with van der Waals surface area (Å²) in [6.07, 6.45) is -0.339. The minimum Gasteiger partial charge on any atom is -0.351 e. The first-order valence-corrected chi connectivity index (χ1v) is 4.88. The summed E-state index contributed by atoms with van der Waals surface area (Å²) in [7, 11) is 3.21. The first-order valence-electron chi connectivity index (χ1n) is 4.88. The Balaban J connectivity index is 2.57. The highest BCUT2D eigenvalue weighted by Crippen LogP contribution is 2.02. The summed E-state index contributed by atoms with van der Waals surface area (Å²) in [5, 5.41) is 0. The molecule has 0 aliphatic heterocycles. The van der Waals surface area contributed by atoms with Gasteiger partial charge in [-0.1, -0.05) is 30.3 Å². The molecule has 0 radical (unpaired) electrons. The van der Waals surface area contributed by atoms with Crippen molar-refractivity contribution in [2.24, 2.45) is 4.99 Å². The smallest absolute Gasteiger partial charge is 0.195 e. The van der Waals surface area contributed by atoms with Gasteiger partial charge >= 0.3 is 0 Å². The first-order chi connectivity index (χ1) is 7.27. The lowest BCUT2D eigenvalue weighted by molar-refractivity contribution is -0.0524. The average molecular weight is 207 g/mol. The maximum absolute atomic E-state index is 5.10. The molecule has 0 spiro atoms. The summed E-state index contributed by atoms with van der Waals surface area (Å²) in [4.78, 5) is 4.40. The second-order valence-electron chi connectivity index (χ2n) is 3.25. The predicted molar refractivity (Wildman–Crippen MR) is 61.1 cm³/mol. The topological polar surface area (TPSA) is 30.8 Å². The summed E-state index contributed by atoms with van der Waals surface area (Å²) >= 11 is 0. The van der Waals surface area contributed by atoms with E-state index in [0.29, 0.717) is 6.54 Å². The monoisotopic (exact) mass is 207 g/mol. The number of benzene rings is 1. The molecule has 0 aliphatic rings. The van der Waals surface area contributed by atoms with Crippen molar-refractivity contribution >= 4 is 5.71 Å². The maximum Gasteiger partial charge on any atom is 0.195 e. The van der Waals surface area contributed by atoms with Crippen molar-refractivity contribution in [1.82, 2.24) is 0 Å². The van der Waals surface area contributed by atoms with Crippen molar-refractivity contribution in [2.45, 2.75) is 19.8 Å². The Kier molecular flexibility index (Phi) is 5.01. The van der Waals surface area contributed by atoms with Crippen LogP contribution in [-0.2, 0) is 16.0 Å². The standard InChI is InChI=1S/C12H17NO2/c1-10(12(14-2)15-3)13-9-11-7-5-4-6-8-11/h4-8,12H,9H2,1-3H3/b13-10+. The number of aliphatic imine (C=N–C) groups is 1. The zero-order valence-electron chi connectivity index (χ0n) is 9.43. The van der Waals surface area contributed by atoms with Crippen molar-refractivity contribution in [1.29, 1.82) is 0 Å². The van der Waals surface area contributed by atoms with Crippen LogP contribution < -0.4 is 0 Å². The van der Waals surface area contributed by atoms with Crippen LogP contribution in [0.3, 0.4) is 0 Å². The van der Waals surface area contributed by atoms with Gasteiger partial charge in [0.1, 0.15) is 0 Å². The molecule has 0 aromatic heterocycles. The molecule has 0 unspecified atom stereocenters. The molecule has 0 amide bonds. The van der Waals surface area contributed by atoms with E-state index in [-0.39, 0.29) is 6.29 Å². The second kappa shape index (κ2) is 6.32. The van der Waals surface area contributed by atoms with Crippen molar-refractivity contribution in [2.75, 3.05) is 14.2 Å². The molecule has 0 saturated carbocycles. The minimum absolute atomic E-state index is 0.339. The molecule has 0 saturated heterocycles. The second-order valence-corrected chi connectivity index (χ2v) is 3.25. The van der Waals surface area contributed by atoms with Crippen molar-refractivity contribution < 1.29 is 9.47 Å². The number of ether oxygens (including phenoxy) is 2. The Hall–Kier alpha value is -1.19. The van der Waals surface area contributed by atoms with Crippen LogP contribution in [0.25, 0.3) is 0 Å². The Labute approximate surface area is 90.7 Å². The summed E-state index contributed by atoms with van der Waals surface area (Å²) in [6, 6.07) is 10.1. The van der Waals surface area contributed by atoms with Crippen LogP contribution in [0.2, 0.25) is 0 Å². The summed E-state index contributed by atoms with van der Waals surface area (Å²) in [5.41, 5.74) is 2.03. The third-order valence-corrected chi connectivity index (χ3v) is 2.12. The molecule has 0 heterocycles. The fourth-order valence-electron chi connectivity index (χ4n) is 1.31. The summed E-state index contributed by atoms with van der Waals surface area (Å²) in [6.45, 7) is 2.57. The first kappa shape index (κ1) is 11.9. The predicted octanol–water partition coefficient (Wildman–Crippen LogP) is 2.27. The summed E-state index contributed by atoms with van der Waals surface area (Å²) in [5.74, 6) is 0. The molecule has 0 N–H and O–H groups in total. The van der Waals surface area contributed by atoms with Crippen molar-refractivity contribution in [3.63, 3.8) is 0 Å². The Morgan fingerprint density at radius 2 is 1.80 bits per heavy atom. The van der Waals surface area contributed by atoms with Crippen molar-refractivity contribution in [3.05, 3.63) is 35.9 Å². The van der Waals surface area contributed by atoms with Crippen LogP contribution in [0.4, 0.5) is 0 Å². The lowest BCUT2D eigenvalue weighted by Gasteiger charge is -2.12. The molecular weight excluding hydrogens is 190 g/mol. The minimum atomic E-state index is -0.339. The van der Waals surface area contributed by atoms with Crippen LogP contribution in [0.5, 0.6) is 0 Å². The van der Waals surface area contributed by atoms with Crippen LogP contribution >= 0.6 is 0 Å². The SMILES string of the molecule is COC(OC)/C(C)=N/Cc1ccccc1. The molecule has 0 bridgehead atoms. The van der Waals surface area contributed by atoms with E-state index in [2.05, 4.69) is 4.99 Å². The highest BCUT2D eigenvalue weighted by Gasteiger charge is 2.07. The largest absolute Gasteiger partial charge is 0.351 e. The fourth-order valence-corrected chi connectivity index (χ4v) is 1.31. The van der Waals surface area contributed by atoms with E-state index >= 15 is 0 Å². The zero-order chi connectivity index (χ0) is 11.1. The van der Waals surface area contributed by atoms with E-state index in [1.807, 2.05) is 37.3 Å². The average Bonchev–Trinajstić information content (AvgIpc) is 2.29. The number of hydrogen-bond donors (Lipinski definition) is 0. The quantitative estimate of drug-likeness (QED) is 0.547. The normalized spacial score (nSPS) is 12.1. The van der Waals surface area contributed by atoms with E-state index < -0.39 is 0 Å². The van der Waals surface area contributed by atoms with E-state index in [1.54, 1.807) is 14.2 Å². The van der Waals surface area contributed by atoms with E-state index in [1.165, 1.54) is 5.56 Å². The molecule has 0 aliphatic carbocycles. The molecule has 3 heteroatoms. The molecule has 3 nitrogen and oxygen atoms in total. The Morgan fingerprint density at radius 3 is 2.33 bits per heavy atom. The van der Waals surface area contributed by atoms with Crippen LogP contribution in [0.1, 0.15) is 12.5 Å². The van der Waals surface area contributed by atoms with Gasteiger partial charge in [-0.2, -0.15) is 0 Å². The number of methoxy groups -OCH3 is 2. The van der Waals surface area contributed by atoms with Gasteiger partial charge in [0.05, 0.1) is 12.3 Å². The molecule has 0 atom stereocenters. The van der Waals surface area contributed by atoms with Gasteiger partial charge < -0.3 is 9.47 Å². The van der Waals surface area contributed by atoms with E-state index in [4.69, 9.17) is 9.47 Å². The van der Waals surface area contributed by atoms with Crippen LogP contribution in [-0.4, -0.2) is 26.2 Å². The van der Waals surface area contributed by atoms with Gasteiger partial charge in [0.15, 0.2) is 6.29 Å². The Bertz CT molecular complexity index is 305. The molecular formula is C12H17NO2. The number of rotatable bonds is 5. The third kappa shape index (κ3) is 3.81. The van der Waals surface area contributed by atoms with Gasteiger partial charge in [-0.05, 0) is 12.5 Å². The van der Waals surface area contributed by atoms with Gasteiger partial charge in [0.2, 0.25) is 0 Å². The molecule has 1 aromatic rings. The van der Waals surface area contributed by atoms with Gasteiger partial charge in [0.25, 0.3) is 0 Å². The molecule has 82 valence electrons. The van der Waals surface area contributed by atoms with E-state index in [9.17, 15) is 0 Å². The third-order valence-electron chi connectivity index (χ3n) is 2.12. The zero-order valence-corrected chi connectivity index (χ0v) is 9.43. The number of nitrogens with zero attached hydrogens (tertiary/aromatic N) is 1. The summed E-state index contributed by atoms with van der Waals surface area (Å²) < 4.78 is 10.2.